The first-order chi connectivity index (χ1) is 12.0. The predicted octanol–water partition coefficient (Wildman–Crippen LogP) is 4.28. The van der Waals surface area contributed by atoms with Gasteiger partial charge in [-0.1, -0.05) is 18.2 Å². The first kappa shape index (κ1) is 17.3. The summed E-state index contributed by atoms with van der Waals surface area (Å²) in [5.74, 6) is 1.22. The number of para-hydroxylation sites is 1. The lowest BCUT2D eigenvalue weighted by Crippen LogP contribution is -2.10. The number of aromatic nitrogens is 2. The second-order valence-corrected chi connectivity index (χ2v) is 5.48. The van der Waals surface area contributed by atoms with Crippen LogP contribution in [0.25, 0.3) is 11.0 Å². The molecule has 3 aromatic rings. The molecule has 7 heteroatoms. The molecule has 0 atom stereocenters. The normalized spacial score (nSPS) is 11.8. The van der Waals surface area contributed by atoms with Crippen molar-refractivity contribution in [3.05, 3.63) is 59.9 Å². The lowest BCUT2D eigenvalue weighted by atomic mass is 10.2. The molecule has 0 amide bonds. The summed E-state index contributed by atoms with van der Waals surface area (Å²) in [4.78, 5) is 4.34. The topological polar surface area (TPSA) is 36.3 Å². The summed E-state index contributed by atoms with van der Waals surface area (Å²) in [7, 11) is 1.57. The maximum absolute atomic E-state index is 12.9. The van der Waals surface area contributed by atoms with E-state index < -0.39 is 11.7 Å². The lowest BCUT2D eigenvalue weighted by molar-refractivity contribution is -0.137. The molecule has 25 heavy (non-hydrogen) atoms. The SMILES string of the molecule is COCCn1c(COc2ccccc2)nc2cc(C(F)(F)F)ccc21. The van der Waals surface area contributed by atoms with Crippen LogP contribution in [-0.2, 0) is 24.1 Å². The molecular formula is C18H17F3N2O2. The minimum Gasteiger partial charge on any atom is -0.486 e. The Morgan fingerprint density at radius 3 is 2.52 bits per heavy atom. The number of alkyl halides is 3. The average Bonchev–Trinajstić information content (AvgIpc) is 2.95. The van der Waals surface area contributed by atoms with E-state index in [9.17, 15) is 13.2 Å². The number of halogens is 3. The number of hydrogen-bond donors (Lipinski definition) is 0. The second-order valence-electron chi connectivity index (χ2n) is 5.48. The van der Waals surface area contributed by atoms with Crippen molar-refractivity contribution in [2.75, 3.05) is 13.7 Å². The van der Waals surface area contributed by atoms with Gasteiger partial charge in [0.2, 0.25) is 0 Å². The Hall–Kier alpha value is -2.54. The number of rotatable bonds is 6. The first-order valence-electron chi connectivity index (χ1n) is 7.72. The molecule has 1 aromatic heterocycles. The Labute approximate surface area is 142 Å². The molecule has 0 fully saturated rings. The van der Waals surface area contributed by atoms with E-state index in [0.717, 1.165) is 12.1 Å². The van der Waals surface area contributed by atoms with Gasteiger partial charge in [-0.05, 0) is 30.3 Å². The summed E-state index contributed by atoms with van der Waals surface area (Å²) in [6.07, 6.45) is -4.40. The van der Waals surface area contributed by atoms with Crippen LogP contribution in [-0.4, -0.2) is 23.3 Å². The van der Waals surface area contributed by atoms with E-state index in [0.29, 0.717) is 30.2 Å². The number of ether oxygens (including phenoxy) is 2. The molecule has 0 aliphatic carbocycles. The third-order valence-electron chi connectivity index (χ3n) is 3.78. The van der Waals surface area contributed by atoms with Crippen LogP contribution >= 0.6 is 0 Å². The van der Waals surface area contributed by atoms with E-state index in [1.54, 1.807) is 7.11 Å². The molecule has 0 bridgehead atoms. The zero-order valence-corrected chi connectivity index (χ0v) is 13.6. The van der Waals surface area contributed by atoms with Crippen LogP contribution < -0.4 is 4.74 Å². The van der Waals surface area contributed by atoms with Crippen molar-refractivity contribution in [1.82, 2.24) is 9.55 Å². The molecule has 4 nitrogen and oxygen atoms in total. The lowest BCUT2D eigenvalue weighted by Gasteiger charge is -2.10. The first-order valence-corrected chi connectivity index (χ1v) is 7.72. The maximum atomic E-state index is 12.9. The molecule has 0 radical (unpaired) electrons. The molecule has 0 N–H and O–H groups in total. The molecule has 132 valence electrons. The Morgan fingerprint density at radius 2 is 1.84 bits per heavy atom. The standard InChI is InChI=1S/C18H17F3N2O2/c1-24-10-9-23-16-8-7-13(18(19,20)21)11-15(16)22-17(23)12-25-14-5-3-2-4-6-14/h2-8,11H,9-10,12H2,1H3. The van der Waals surface area contributed by atoms with E-state index in [2.05, 4.69) is 4.98 Å². The van der Waals surface area contributed by atoms with E-state index >= 15 is 0 Å². The summed E-state index contributed by atoms with van der Waals surface area (Å²) in [6, 6.07) is 12.7. The van der Waals surface area contributed by atoms with Crippen LogP contribution in [0.2, 0.25) is 0 Å². The fourth-order valence-electron chi connectivity index (χ4n) is 2.56. The van der Waals surface area contributed by atoms with Crippen LogP contribution in [0, 0.1) is 0 Å². The largest absolute Gasteiger partial charge is 0.486 e. The number of imidazole rings is 1. The van der Waals surface area contributed by atoms with Crippen molar-refractivity contribution in [2.45, 2.75) is 19.3 Å². The van der Waals surface area contributed by atoms with Gasteiger partial charge in [0.15, 0.2) is 0 Å². The molecule has 0 spiro atoms. The van der Waals surface area contributed by atoms with E-state index in [4.69, 9.17) is 9.47 Å². The van der Waals surface area contributed by atoms with Crippen molar-refractivity contribution in [2.24, 2.45) is 0 Å². The van der Waals surface area contributed by atoms with Gasteiger partial charge in [-0.15, -0.1) is 0 Å². The van der Waals surface area contributed by atoms with E-state index in [-0.39, 0.29) is 12.1 Å². The quantitative estimate of drug-likeness (QED) is 0.666. The zero-order valence-electron chi connectivity index (χ0n) is 13.6. The van der Waals surface area contributed by atoms with Crippen molar-refractivity contribution < 1.29 is 22.6 Å². The molecule has 3 rings (SSSR count). The van der Waals surface area contributed by atoms with Gasteiger partial charge in [-0.2, -0.15) is 13.2 Å². The fourth-order valence-corrected chi connectivity index (χ4v) is 2.56. The number of methoxy groups -OCH3 is 1. The highest BCUT2D eigenvalue weighted by Crippen LogP contribution is 2.31. The Morgan fingerprint density at radius 1 is 1.08 bits per heavy atom. The summed E-state index contributed by atoms with van der Waals surface area (Å²) in [6.45, 7) is 1.06. The van der Waals surface area contributed by atoms with Gasteiger partial charge >= 0.3 is 6.18 Å². The van der Waals surface area contributed by atoms with Crippen LogP contribution in [0.1, 0.15) is 11.4 Å². The maximum Gasteiger partial charge on any atom is 0.416 e. The van der Waals surface area contributed by atoms with Gasteiger partial charge in [-0.3, -0.25) is 0 Å². The van der Waals surface area contributed by atoms with Gasteiger partial charge in [0.05, 0.1) is 23.2 Å². The summed E-state index contributed by atoms with van der Waals surface area (Å²) >= 11 is 0. The van der Waals surface area contributed by atoms with E-state index in [1.165, 1.54) is 6.07 Å². The Balaban J connectivity index is 1.94. The van der Waals surface area contributed by atoms with Crippen LogP contribution in [0.15, 0.2) is 48.5 Å². The molecule has 0 unspecified atom stereocenters. The van der Waals surface area contributed by atoms with Gasteiger partial charge in [-0.25, -0.2) is 4.98 Å². The molecular weight excluding hydrogens is 333 g/mol. The number of nitrogens with zero attached hydrogens (tertiary/aromatic N) is 2. The summed E-state index contributed by atoms with van der Waals surface area (Å²) in [5, 5.41) is 0. The molecule has 0 saturated carbocycles. The third-order valence-corrected chi connectivity index (χ3v) is 3.78. The van der Waals surface area contributed by atoms with Crippen LogP contribution in [0.4, 0.5) is 13.2 Å². The predicted molar refractivity (Wildman–Crippen MR) is 87.4 cm³/mol. The highest BCUT2D eigenvalue weighted by molar-refractivity contribution is 5.77. The molecule has 2 aromatic carbocycles. The third kappa shape index (κ3) is 3.93. The summed E-state index contributed by atoms with van der Waals surface area (Å²) < 4.78 is 51.4. The van der Waals surface area contributed by atoms with Crippen LogP contribution in [0.5, 0.6) is 5.75 Å². The average molecular weight is 350 g/mol. The Kier molecular flexibility index (Phi) is 4.94. The van der Waals surface area contributed by atoms with Crippen molar-refractivity contribution in [3.8, 4) is 5.75 Å². The smallest absolute Gasteiger partial charge is 0.416 e. The molecule has 0 saturated heterocycles. The van der Waals surface area contributed by atoms with Gasteiger partial charge in [0.1, 0.15) is 18.2 Å². The number of benzene rings is 2. The van der Waals surface area contributed by atoms with Gasteiger partial charge in [0, 0.05) is 13.7 Å². The second kappa shape index (κ2) is 7.14. The number of hydrogen-bond acceptors (Lipinski definition) is 3. The summed E-state index contributed by atoms with van der Waals surface area (Å²) in [5.41, 5.74) is 0.196. The van der Waals surface area contributed by atoms with Crippen LogP contribution in [0.3, 0.4) is 0 Å². The molecule has 0 aliphatic rings. The van der Waals surface area contributed by atoms with Gasteiger partial charge < -0.3 is 14.0 Å². The monoisotopic (exact) mass is 350 g/mol. The van der Waals surface area contributed by atoms with Crippen molar-refractivity contribution in [3.63, 3.8) is 0 Å². The highest BCUT2D eigenvalue weighted by atomic mass is 19.4. The fraction of sp³-hybridized carbons (Fsp3) is 0.278. The molecule has 0 aliphatic heterocycles. The highest BCUT2D eigenvalue weighted by Gasteiger charge is 2.31. The minimum atomic E-state index is -4.40. The van der Waals surface area contributed by atoms with Crippen molar-refractivity contribution in [1.29, 1.82) is 0 Å². The minimum absolute atomic E-state index is 0.157. The van der Waals surface area contributed by atoms with Crippen molar-refractivity contribution >= 4 is 11.0 Å². The number of fused-ring (bicyclic) bond motifs is 1. The zero-order chi connectivity index (χ0) is 17.9. The molecule has 1 heterocycles. The Bertz CT molecular complexity index is 845. The van der Waals surface area contributed by atoms with E-state index in [1.807, 2.05) is 34.9 Å². The van der Waals surface area contributed by atoms with Gasteiger partial charge in [0.25, 0.3) is 0 Å².